The normalized spacial score (nSPS) is 11.3. The second-order valence-corrected chi connectivity index (χ2v) is 5.12. The maximum absolute atomic E-state index is 5.80. The Morgan fingerprint density at radius 1 is 1.00 bits per heavy atom. The summed E-state index contributed by atoms with van der Waals surface area (Å²) >= 11 is 0. The highest BCUT2D eigenvalue weighted by Gasteiger charge is 2.05. The fraction of sp³-hybridized carbons (Fsp3) is 0.188. The molecule has 0 aliphatic carbocycles. The number of hydrogen-bond donors (Lipinski definition) is 1. The number of hydrogen-bond acceptors (Lipinski definition) is 2. The SMILES string of the molecule is CC(C)n1cc(-c2ccc3cc(N)ccc3c2)cn1. The molecular weight excluding hydrogens is 234 g/mol. The molecule has 1 heterocycles. The molecule has 0 aliphatic heterocycles. The minimum atomic E-state index is 0.383. The standard InChI is InChI=1S/C16H17N3/c1-11(2)19-10-15(9-18-19)13-3-4-14-8-16(17)6-5-12(14)7-13/h3-11H,17H2,1-2H3. The molecule has 0 fully saturated rings. The molecule has 3 rings (SSSR count). The van der Waals surface area contributed by atoms with E-state index in [1.54, 1.807) is 0 Å². The van der Waals surface area contributed by atoms with E-state index >= 15 is 0 Å². The van der Waals surface area contributed by atoms with Crippen LogP contribution in [0.4, 0.5) is 5.69 Å². The molecule has 0 unspecified atom stereocenters. The summed E-state index contributed by atoms with van der Waals surface area (Å²) < 4.78 is 1.97. The van der Waals surface area contributed by atoms with Gasteiger partial charge >= 0.3 is 0 Å². The molecule has 3 aromatic rings. The predicted molar refractivity (Wildman–Crippen MR) is 80.0 cm³/mol. The van der Waals surface area contributed by atoms with Gasteiger partial charge in [-0.05, 0) is 48.4 Å². The van der Waals surface area contributed by atoms with Crippen molar-refractivity contribution in [1.29, 1.82) is 0 Å². The van der Waals surface area contributed by atoms with Crippen molar-refractivity contribution < 1.29 is 0 Å². The molecule has 2 N–H and O–H groups in total. The first-order valence-corrected chi connectivity index (χ1v) is 6.47. The molecule has 0 saturated heterocycles. The maximum Gasteiger partial charge on any atom is 0.0568 e. The number of anilines is 1. The van der Waals surface area contributed by atoms with Gasteiger partial charge in [0.2, 0.25) is 0 Å². The largest absolute Gasteiger partial charge is 0.399 e. The van der Waals surface area contributed by atoms with Crippen LogP contribution in [0, 0.1) is 0 Å². The van der Waals surface area contributed by atoms with E-state index in [2.05, 4.69) is 49.4 Å². The Morgan fingerprint density at radius 3 is 2.47 bits per heavy atom. The van der Waals surface area contributed by atoms with Crippen molar-refractivity contribution >= 4 is 16.5 Å². The summed E-state index contributed by atoms with van der Waals surface area (Å²) in [4.78, 5) is 0. The average Bonchev–Trinajstić information content (AvgIpc) is 2.88. The molecule has 0 bridgehead atoms. The van der Waals surface area contributed by atoms with Gasteiger partial charge < -0.3 is 5.73 Å². The van der Waals surface area contributed by atoms with Crippen molar-refractivity contribution in [2.75, 3.05) is 5.73 Å². The van der Waals surface area contributed by atoms with E-state index in [4.69, 9.17) is 5.73 Å². The van der Waals surface area contributed by atoms with Gasteiger partial charge in [-0.15, -0.1) is 0 Å². The van der Waals surface area contributed by atoms with Crippen LogP contribution in [0.1, 0.15) is 19.9 Å². The van der Waals surface area contributed by atoms with Crippen molar-refractivity contribution in [3.8, 4) is 11.1 Å². The minimum absolute atomic E-state index is 0.383. The Hall–Kier alpha value is -2.29. The van der Waals surface area contributed by atoms with Crippen molar-refractivity contribution in [2.45, 2.75) is 19.9 Å². The van der Waals surface area contributed by atoms with Crippen molar-refractivity contribution in [1.82, 2.24) is 9.78 Å². The molecule has 0 radical (unpaired) electrons. The number of nitrogens with two attached hydrogens (primary N) is 1. The van der Waals surface area contributed by atoms with E-state index in [1.165, 1.54) is 16.3 Å². The van der Waals surface area contributed by atoms with E-state index in [9.17, 15) is 0 Å². The van der Waals surface area contributed by atoms with E-state index in [-0.39, 0.29) is 0 Å². The predicted octanol–water partition coefficient (Wildman–Crippen LogP) is 3.87. The van der Waals surface area contributed by atoms with E-state index in [0.717, 1.165) is 11.3 Å². The van der Waals surface area contributed by atoms with E-state index in [1.807, 2.05) is 23.0 Å². The molecule has 0 saturated carbocycles. The topological polar surface area (TPSA) is 43.8 Å². The summed E-state index contributed by atoms with van der Waals surface area (Å²) in [5.74, 6) is 0. The highest BCUT2D eigenvalue weighted by Crippen LogP contribution is 2.25. The van der Waals surface area contributed by atoms with Crippen LogP contribution < -0.4 is 5.73 Å². The zero-order valence-corrected chi connectivity index (χ0v) is 11.2. The van der Waals surface area contributed by atoms with Crippen molar-refractivity contribution in [3.63, 3.8) is 0 Å². The zero-order chi connectivity index (χ0) is 13.4. The Labute approximate surface area is 112 Å². The second kappa shape index (κ2) is 4.43. The molecule has 96 valence electrons. The van der Waals surface area contributed by atoms with Gasteiger partial charge in [0.1, 0.15) is 0 Å². The van der Waals surface area contributed by atoms with Crippen LogP contribution in [0.3, 0.4) is 0 Å². The Balaban J connectivity index is 2.07. The fourth-order valence-electron chi connectivity index (χ4n) is 2.21. The summed E-state index contributed by atoms with van der Waals surface area (Å²) in [6.45, 7) is 4.25. The molecule has 1 aromatic heterocycles. The maximum atomic E-state index is 5.80. The van der Waals surface area contributed by atoms with Gasteiger partial charge in [-0.25, -0.2) is 0 Å². The van der Waals surface area contributed by atoms with Gasteiger partial charge in [-0.2, -0.15) is 5.10 Å². The number of fused-ring (bicyclic) bond motifs is 1. The lowest BCUT2D eigenvalue weighted by atomic mass is 10.0. The second-order valence-electron chi connectivity index (χ2n) is 5.12. The van der Waals surface area contributed by atoms with Gasteiger partial charge in [-0.3, -0.25) is 4.68 Å². The first kappa shape index (κ1) is 11.8. The molecule has 3 nitrogen and oxygen atoms in total. The van der Waals surface area contributed by atoms with Crippen LogP contribution in [0.2, 0.25) is 0 Å². The van der Waals surface area contributed by atoms with Crippen LogP contribution in [-0.4, -0.2) is 9.78 Å². The van der Waals surface area contributed by atoms with E-state index in [0.29, 0.717) is 6.04 Å². The number of benzene rings is 2. The fourth-order valence-corrected chi connectivity index (χ4v) is 2.21. The third-order valence-corrected chi connectivity index (χ3v) is 3.33. The Bertz CT molecular complexity index is 726. The smallest absolute Gasteiger partial charge is 0.0568 e. The first-order valence-electron chi connectivity index (χ1n) is 6.47. The summed E-state index contributed by atoms with van der Waals surface area (Å²) in [6.07, 6.45) is 4.00. The van der Waals surface area contributed by atoms with Gasteiger partial charge in [0.25, 0.3) is 0 Å². The summed E-state index contributed by atoms with van der Waals surface area (Å²) in [7, 11) is 0. The molecule has 0 amide bonds. The summed E-state index contributed by atoms with van der Waals surface area (Å²) in [6, 6.07) is 12.8. The van der Waals surface area contributed by atoms with E-state index < -0.39 is 0 Å². The van der Waals surface area contributed by atoms with Crippen molar-refractivity contribution in [2.24, 2.45) is 0 Å². The number of rotatable bonds is 2. The number of aromatic nitrogens is 2. The van der Waals surface area contributed by atoms with Crippen LogP contribution in [0.5, 0.6) is 0 Å². The van der Waals surface area contributed by atoms with Gasteiger partial charge in [0.15, 0.2) is 0 Å². The van der Waals surface area contributed by atoms with Crippen LogP contribution in [-0.2, 0) is 0 Å². The first-order chi connectivity index (χ1) is 9.13. The van der Waals surface area contributed by atoms with Gasteiger partial charge in [0.05, 0.1) is 6.20 Å². The van der Waals surface area contributed by atoms with Crippen LogP contribution >= 0.6 is 0 Å². The molecule has 0 aliphatic rings. The molecular formula is C16H17N3. The third kappa shape index (κ3) is 2.19. The van der Waals surface area contributed by atoms with Crippen molar-refractivity contribution in [3.05, 3.63) is 48.8 Å². The quantitative estimate of drug-likeness (QED) is 0.703. The number of nitrogens with zero attached hydrogens (tertiary/aromatic N) is 2. The molecule has 3 heteroatoms. The zero-order valence-electron chi connectivity index (χ0n) is 11.2. The highest BCUT2D eigenvalue weighted by atomic mass is 15.3. The lowest BCUT2D eigenvalue weighted by Crippen LogP contribution is -1.99. The lowest BCUT2D eigenvalue weighted by Gasteiger charge is -2.04. The van der Waals surface area contributed by atoms with Gasteiger partial charge in [-0.1, -0.05) is 18.2 Å². The van der Waals surface area contributed by atoms with Gasteiger partial charge in [0, 0.05) is 23.5 Å². The number of nitrogen functional groups attached to an aromatic ring is 1. The Morgan fingerprint density at radius 2 is 1.74 bits per heavy atom. The molecule has 2 aromatic carbocycles. The third-order valence-electron chi connectivity index (χ3n) is 3.33. The molecule has 19 heavy (non-hydrogen) atoms. The summed E-state index contributed by atoms with van der Waals surface area (Å²) in [5, 5.41) is 6.75. The molecule has 0 atom stereocenters. The highest BCUT2D eigenvalue weighted by molar-refractivity contribution is 5.89. The van der Waals surface area contributed by atoms with Crippen LogP contribution in [0.25, 0.3) is 21.9 Å². The average molecular weight is 251 g/mol. The Kier molecular flexibility index (Phi) is 2.75. The molecule has 0 spiro atoms. The summed E-state index contributed by atoms with van der Waals surface area (Å²) in [5.41, 5.74) is 8.93. The van der Waals surface area contributed by atoms with Crippen LogP contribution in [0.15, 0.2) is 48.8 Å². The minimum Gasteiger partial charge on any atom is -0.399 e. The monoisotopic (exact) mass is 251 g/mol. The lowest BCUT2D eigenvalue weighted by molar-refractivity contribution is 0.532.